The number of methoxy groups -OCH3 is 2. The van der Waals surface area contributed by atoms with Crippen molar-refractivity contribution in [3.8, 4) is 11.5 Å². The van der Waals surface area contributed by atoms with Crippen molar-refractivity contribution in [3.63, 3.8) is 0 Å². The number of amides is 1. The summed E-state index contributed by atoms with van der Waals surface area (Å²) in [6.45, 7) is 1.92. The molecule has 2 aromatic carbocycles. The first kappa shape index (κ1) is 14.2. The average Bonchev–Trinajstić information content (AvgIpc) is 2.89. The van der Waals surface area contributed by atoms with Crippen LogP contribution in [0.5, 0.6) is 11.5 Å². The van der Waals surface area contributed by atoms with E-state index in [1.807, 2.05) is 49.4 Å². The van der Waals surface area contributed by atoms with Gasteiger partial charge in [-0.3, -0.25) is 4.79 Å². The summed E-state index contributed by atoms with van der Waals surface area (Å²) in [4.78, 5) is 12.4. The molecule has 0 fully saturated rings. The Kier molecular flexibility index (Phi) is 3.59. The van der Waals surface area contributed by atoms with E-state index in [0.717, 1.165) is 28.1 Å². The minimum Gasteiger partial charge on any atom is -0.497 e. The number of hydrogen-bond acceptors (Lipinski definition) is 3. The Morgan fingerprint density at radius 3 is 2.55 bits per heavy atom. The lowest BCUT2D eigenvalue weighted by molar-refractivity contribution is -0.110. The number of allylic oxidation sites excluding steroid dienone is 1. The Morgan fingerprint density at radius 2 is 1.82 bits per heavy atom. The Hall–Kier alpha value is -2.75. The lowest BCUT2D eigenvalue weighted by Crippen LogP contribution is -2.05. The summed E-state index contributed by atoms with van der Waals surface area (Å²) in [6, 6.07) is 13.2. The zero-order valence-electron chi connectivity index (χ0n) is 12.8. The number of ether oxygens (including phenoxy) is 2. The molecule has 0 aromatic heterocycles. The summed E-state index contributed by atoms with van der Waals surface area (Å²) in [5.41, 5.74) is 4.13. The Labute approximate surface area is 129 Å². The molecule has 1 amide bonds. The van der Waals surface area contributed by atoms with Crippen molar-refractivity contribution >= 4 is 22.7 Å². The molecular formula is C18H17NO3. The number of anilines is 1. The molecule has 1 N–H and O–H groups in total. The van der Waals surface area contributed by atoms with Gasteiger partial charge in [-0.05, 0) is 36.8 Å². The first-order chi connectivity index (χ1) is 10.7. The molecule has 2 aromatic rings. The first-order valence-corrected chi connectivity index (χ1v) is 6.99. The standard InChI is InChI=1S/C18H17NO3/c1-11(14-10-12(21-2)8-9-16(14)22-3)17-13-6-4-5-7-15(13)19-18(17)20/h4-10H,1-3H3,(H,19,20)/b17-11+. The summed E-state index contributed by atoms with van der Waals surface area (Å²) in [5.74, 6) is 1.34. The predicted octanol–water partition coefficient (Wildman–Crippen LogP) is 3.59. The topological polar surface area (TPSA) is 47.6 Å². The number of para-hydroxylation sites is 1. The number of carbonyl (C=O) groups is 1. The molecule has 0 bridgehead atoms. The molecule has 22 heavy (non-hydrogen) atoms. The molecule has 3 rings (SSSR count). The molecule has 4 nitrogen and oxygen atoms in total. The number of benzene rings is 2. The van der Waals surface area contributed by atoms with Crippen molar-refractivity contribution in [2.75, 3.05) is 19.5 Å². The maximum Gasteiger partial charge on any atom is 0.256 e. The van der Waals surface area contributed by atoms with Crippen molar-refractivity contribution in [3.05, 3.63) is 53.6 Å². The van der Waals surface area contributed by atoms with Gasteiger partial charge in [0.1, 0.15) is 11.5 Å². The van der Waals surface area contributed by atoms with Crippen LogP contribution in [-0.2, 0) is 4.79 Å². The van der Waals surface area contributed by atoms with E-state index in [0.29, 0.717) is 11.3 Å². The van der Waals surface area contributed by atoms with Gasteiger partial charge in [-0.15, -0.1) is 0 Å². The highest BCUT2D eigenvalue weighted by Crippen LogP contribution is 2.39. The van der Waals surface area contributed by atoms with E-state index in [1.165, 1.54) is 0 Å². The van der Waals surface area contributed by atoms with Crippen molar-refractivity contribution in [1.29, 1.82) is 0 Å². The fourth-order valence-electron chi connectivity index (χ4n) is 2.73. The number of rotatable bonds is 3. The summed E-state index contributed by atoms with van der Waals surface area (Å²) in [7, 11) is 3.23. The van der Waals surface area contributed by atoms with E-state index in [9.17, 15) is 4.79 Å². The lowest BCUT2D eigenvalue weighted by atomic mass is 9.96. The molecular weight excluding hydrogens is 278 g/mol. The number of carbonyl (C=O) groups excluding carboxylic acids is 1. The SMILES string of the molecule is COc1ccc(OC)c(/C(C)=C2/C(=O)Nc3ccccc32)c1. The average molecular weight is 295 g/mol. The van der Waals surface area contributed by atoms with E-state index in [4.69, 9.17) is 9.47 Å². The van der Waals surface area contributed by atoms with Gasteiger partial charge in [0, 0.05) is 16.8 Å². The minimum atomic E-state index is -0.0939. The van der Waals surface area contributed by atoms with Gasteiger partial charge in [0.15, 0.2) is 0 Å². The van der Waals surface area contributed by atoms with E-state index in [-0.39, 0.29) is 5.91 Å². The molecule has 0 saturated heterocycles. The summed E-state index contributed by atoms with van der Waals surface area (Å²) >= 11 is 0. The first-order valence-electron chi connectivity index (χ1n) is 6.99. The van der Waals surface area contributed by atoms with Gasteiger partial charge in [0.05, 0.1) is 19.8 Å². The molecule has 4 heteroatoms. The normalized spacial score (nSPS) is 15.1. The van der Waals surface area contributed by atoms with Crippen LogP contribution >= 0.6 is 0 Å². The number of nitrogens with one attached hydrogen (secondary N) is 1. The minimum absolute atomic E-state index is 0.0939. The van der Waals surface area contributed by atoms with Crippen LogP contribution in [0.1, 0.15) is 18.1 Å². The van der Waals surface area contributed by atoms with Crippen LogP contribution < -0.4 is 14.8 Å². The van der Waals surface area contributed by atoms with Gasteiger partial charge in [0.25, 0.3) is 5.91 Å². The van der Waals surface area contributed by atoms with Crippen LogP contribution in [0.25, 0.3) is 11.1 Å². The van der Waals surface area contributed by atoms with Crippen LogP contribution in [0.15, 0.2) is 42.5 Å². The van der Waals surface area contributed by atoms with Gasteiger partial charge in [-0.25, -0.2) is 0 Å². The Bertz CT molecular complexity index is 778. The number of fused-ring (bicyclic) bond motifs is 1. The maximum absolute atomic E-state index is 12.4. The lowest BCUT2D eigenvalue weighted by Gasteiger charge is -2.12. The van der Waals surface area contributed by atoms with Gasteiger partial charge in [0.2, 0.25) is 0 Å². The van der Waals surface area contributed by atoms with Crippen LogP contribution in [0, 0.1) is 0 Å². The van der Waals surface area contributed by atoms with Crippen LogP contribution in [-0.4, -0.2) is 20.1 Å². The zero-order chi connectivity index (χ0) is 15.7. The highest BCUT2D eigenvalue weighted by Gasteiger charge is 2.27. The fourth-order valence-corrected chi connectivity index (χ4v) is 2.73. The molecule has 0 spiro atoms. The van der Waals surface area contributed by atoms with Crippen molar-refractivity contribution in [1.82, 2.24) is 0 Å². The smallest absolute Gasteiger partial charge is 0.256 e. The van der Waals surface area contributed by atoms with Gasteiger partial charge >= 0.3 is 0 Å². The monoisotopic (exact) mass is 295 g/mol. The molecule has 112 valence electrons. The van der Waals surface area contributed by atoms with E-state index < -0.39 is 0 Å². The third kappa shape index (κ3) is 2.22. The Balaban J connectivity index is 2.22. The van der Waals surface area contributed by atoms with E-state index in [1.54, 1.807) is 14.2 Å². The molecule has 0 atom stereocenters. The van der Waals surface area contributed by atoms with Crippen molar-refractivity contribution in [2.24, 2.45) is 0 Å². The molecule has 1 heterocycles. The third-order valence-electron chi connectivity index (χ3n) is 3.86. The highest BCUT2D eigenvalue weighted by atomic mass is 16.5. The molecule has 0 unspecified atom stereocenters. The summed E-state index contributed by atoms with van der Waals surface area (Å²) in [6.07, 6.45) is 0. The van der Waals surface area contributed by atoms with Gasteiger partial charge in [-0.2, -0.15) is 0 Å². The Morgan fingerprint density at radius 1 is 1.05 bits per heavy atom. The zero-order valence-corrected chi connectivity index (χ0v) is 12.8. The quantitative estimate of drug-likeness (QED) is 0.880. The van der Waals surface area contributed by atoms with Crippen LogP contribution in [0.4, 0.5) is 5.69 Å². The molecule has 1 aliphatic heterocycles. The largest absolute Gasteiger partial charge is 0.497 e. The predicted molar refractivity (Wildman–Crippen MR) is 87.1 cm³/mol. The third-order valence-corrected chi connectivity index (χ3v) is 3.86. The second kappa shape index (κ2) is 5.56. The highest BCUT2D eigenvalue weighted by molar-refractivity contribution is 6.36. The van der Waals surface area contributed by atoms with E-state index in [2.05, 4.69) is 5.32 Å². The maximum atomic E-state index is 12.4. The van der Waals surface area contributed by atoms with Crippen LogP contribution in [0.3, 0.4) is 0 Å². The second-order valence-electron chi connectivity index (χ2n) is 5.07. The van der Waals surface area contributed by atoms with Gasteiger partial charge < -0.3 is 14.8 Å². The second-order valence-corrected chi connectivity index (χ2v) is 5.07. The molecule has 0 radical (unpaired) electrons. The van der Waals surface area contributed by atoms with Crippen molar-refractivity contribution in [2.45, 2.75) is 6.92 Å². The molecule has 0 saturated carbocycles. The van der Waals surface area contributed by atoms with Gasteiger partial charge in [-0.1, -0.05) is 18.2 Å². The van der Waals surface area contributed by atoms with Crippen molar-refractivity contribution < 1.29 is 14.3 Å². The fraction of sp³-hybridized carbons (Fsp3) is 0.167. The van der Waals surface area contributed by atoms with E-state index >= 15 is 0 Å². The summed E-state index contributed by atoms with van der Waals surface area (Å²) in [5, 5.41) is 2.90. The molecule has 1 aliphatic rings. The molecule has 0 aliphatic carbocycles. The summed E-state index contributed by atoms with van der Waals surface area (Å²) < 4.78 is 10.7. The number of hydrogen-bond donors (Lipinski definition) is 1. The van der Waals surface area contributed by atoms with Crippen LogP contribution in [0.2, 0.25) is 0 Å².